The molecule has 1 saturated heterocycles. The van der Waals surface area contributed by atoms with Gasteiger partial charge in [-0.15, -0.1) is 0 Å². The minimum absolute atomic E-state index is 0.292. The first kappa shape index (κ1) is 23.8. The predicted molar refractivity (Wildman–Crippen MR) is 128 cm³/mol. The Hall–Kier alpha value is -2.90. The fourth-order valence-electron chi connectivity index (χ4n) is 4.06. The minimum Gasteiger partial charge on any atom is -0.497 e. The number of anilines is 1. The zero-order valence-electron chi connectivity index (χ0n) is 20.0. The summed E-state index contributed by atoms with van der Waals surface area (Å²) in [4.78, 5) is 7.06. The van der Waals surface area contributed by atoms with E-state index in [1.807, 2.05) is 24.3 Å². The number of guanidine groups is 1. The SMILES string of the molecule is CCNC(=NCc1cc(C(CC)CC)no1)NC1CCN(c2cc(OC)cc(OC)c2)C1. The van der Waals surface area contributed by atoms with Crippen LogP contribution >= 0.6 is 0 Å². The van der Waals surface area contributed by atoms with Crippen molar-refractivity contribution >= 4 is 11.6 Å². The van der Waals surface area contributed by atoms with Crippen LogP contribution in [0.25, 0.3) is 0 Å². The molecule has 1 aromatic heterocycles. The van der Waals surface area contributed by atoms with E-state index in [1.54, 1.807) is 14.2 Å². The molecular weight excluding hydrogens is 406 g/mol. The van der Waals surface area contributed by atoms with E-state index in [-0.39, 0.29) is 0 Å². The number of aliphatic imine (C=N–C) groups is 1. The number of nitrogens with one attached hydrogen (secondary N) is 2. The molecule has 2 heterocycles. The zero-order valence-corrected chi connectivity index (χ0v) is 20.0. The highest BCUT2D eigenvalue weighted by atomic mass is 16.5. The highest BCUT2D eigenvalue weighted by molar-refractivity contribution is 5.80. The molecule has 0 radical (unpaired) electrons. The van der Waals surface area contributed by atoms with Gasteiger partial charge >= 0.3 is 0 Å². The van der Waals surface area contributed by atoms with Crippen molar-refractivity contribution < 1.29 is 14.0 Å². The Bertz CT molecular complexity index is 856. The third-order valence-corrected chi connectivity index (χ3v) is 5.95. The van der Waals surface area contributed by atoms with E-state index in [9.17, 15) is 0 Å². The predicted octanol–water partition coefficient (Wildman–Crippen LogP) is 3.93. The topological polar surface area (TPSA) is 84.2 Å². The normalized spacial score (nSPS) is 16.5. The smallest absolute Gasteiger partial charge is 0.191 e. The molecule has 176 valence electrons. The highest BCUT2D eigenvalue weighted by Crippen LogP contribution is 2.30. The number of rotatable bonds is 10. The monoisotopic (exact) mass is 443 g/mol. The van der Waals surface area contributed by atoms with E-state index >= 15 is 0 Å². The third kappa shape index (κ3) is 6.08. The Morgan fingerprint density at radius 1 is 1.16 bits per heavy atom. The molecule has 0 bridgehead atoms. The Labute approximate surface area is 191 Å². The molecule has 1 unspecified atom stereocenters. The second-order valence-corrected chi connectivity index (χ2v) is 8.07. The summed E-state index contributed by atoms with van der Waals surface area (Å²) >= 11 is 0. The van der Waals surface area contributed by atoms with Crippen LogP contribution in [0.5, 0.6) is 11.5 Å². The van der Waals surface area contributed by atoms with Gasteiger partial charge in [-0.1, -0.05) is 19.0 Å². The molecule has 1 aromatic carbocycles. The standard InChI is InChI=1S/C24H37N5O3/c1-6-17(7-2)23-14-22(32-28-23)15-26-24(25-8-3)27-18-9-10-29(16-18)19-11-20(30-4)13-21(12-19)31-5/h11-14,17-18H,6-10,15-16H2,1-5H3,(H2,25,26,27). The van der Waals surface area contributed by atoms with Crippen LogP contribution in [-0.2, 0) is 6.54 Å². The lowest BCUT2D eigenvalue weighted by atomic mass is 9.99. The fraction of sp³-hybridized carbons (Fsp3) is 0.583. The molecule has 8 nitrogen and oxygen atoms in total. The van der Waals surface area contributed by atoms with E-state index < -0.39 is 0 Å². The van der Waals surface area contributed by atoms with Gasteiger partial charge in [-0.05, 0) is 26.2 Å². The van der Waals surface area contributed by atoms with Gasteiger partial charge in [0.15, 0.2) is 11.7 Å². The van der Waals surface area contributed by atoms with E-state index in [2.05, 4.69) is 41.5 Å². The fourth-order valence-corrected chi connectivity index (χ4v) is 4.06. The molecule has 32 heavy (non-hydrogen) atoms. The lowest BCUT2D eigenvalue weighted by molar-refractivity contribution is 0.372. The summed E-state index contributed by atoms with van der Waals surface area (Å²) in [5.74, 6) is 3.63. The summed E-state index contributed by atoms with van der Waals surface area (Å²) in [5.41, 5.74) is 2.13. The summed E-state index contributed by atoms with van der Waals surface area (Å²) < 4.78 is 16.4. The molecule has 2 aromatic rings. The van der Waals surface area contributed by atoms with Gasteiger partial charge in [-0.25, -0.2) is 4.99 Å². The van der Waals surface area contributed by atoms with Crippen molar-refractivity contribution in [2.75, 3.05) is 38.8 Å². The Kier molecular flexibility index (Phi) is 8.64. The first-order valence-corrected chi connectivity index (χ1v) is 11.6. The second-order valence-electron chi connectivity index (χ2n) is 8.07. The van der Waals surface area contributed by atoms with Crippen LogP contribution in [-0.4, -0.2) is 51.0 Å². The maximum Gasteiger partial charge on any atom is 0.191 e. The van der Waals surface area contributed by atoms with Gasteiger partial charge < -0.3 is 29.5 Å². The lowest BCUT2D eigenvalue weighted by Crippen LogP contribution is -2.44. The number of hydrogen-bond donors (Lipinski definition) is 2. The first-order chi connectivity index (χ1) is 15.6. The number of methoxy groups -OCH3 is 2. The number of benzene rings is 1. The van der Waals surface area contributed by atoms with Crippen molar-refractivity contribution in [3.05, 3.63) is 35.7 Å². The van der Waals surface area contributed by atoms with Crippen molar-refractivity contribution in [3.8, 4) is 11.5 Å². The van der Waals surface area contributed by atoms with E-state index in [0.29, 0.717) is 18.5 Å². The molecular formula is C24H37N5O3. The van der Waals surface area contributed by atoms with Crippen LogP contribution in [0.1, 0.15) is 57.4 Å². The second kappa shape index (κ2) is 11.6. The van der Waals surface area contributed by atoms with Crippen molar-refractivity contribution in [1.82, 2.24) is 15.8 Å². The van der Waals surface area contributed by atoms with Gasteiger partial charge in [0.25, 0.3) is 0 Å². The number of aromatic nitrogens is 1. The molecule has 0 saturated carbocycles. The van der Waals surface area contributed by atoms with Gasteiger partial charge in [-0.2, -0.15) is 0 Å². The van der Waals surface area contributed by atoms with Gasteiger partial charge in [0, 0.05) is 61.5 Å². The molecule has 2 N–H and O–H groups in total. The van der Waals surface area contributed by atoms with E-state index in [4.69, 9.17) is 19.0 Å². The van der Waals surface area contributed by atoms with Gasteiger partial charge in [0.2, 0.25) is 0 Å². The molecule has 0 spiro atoms. The van der Waals surface area contributed by atoms with E-state index in [1.165, 1.54) is 0 Å². The molecule has 1 fully saturated rings. The number of nitrogens with zero attached hydrogens (tertiary/aromatic N) is 3. The van der Waals surface area contributed by atoms with Crippen molar-refractivity contribution in [2.24, 2.45) is 4.99 Å². The molecule has 0 amide bonds. The Morgan fingerprint density at radius 2 is 1.88 bits per heavy atom. The minimum atomic E-state index is 0.292. The van der Waals surface area contributed by atoms with Crippen molar-refractivity contribution in [3.63, 3.8) is 0 Å². The van der Waals surface area contributed by atoms with Gasteiger partial charge in [0.05, 0.1) is 19.9 Å². The third-order valence-electron chi connectivity index (χ3n) is 5.95. The molecule has 3 rings (SSSR count). The molecule has 1 aliphatic heterocycles. The largest absolute Gasteiger partial charge is 0.497 e. The summed E-state index contributed by atoms with van der Waals surface area (Å²) in [6.07, 6.45) is 3.14. The van der Waals surface area contributed by atoms with Gasteiger partial charge in [0.1, 0.15) is 18.0 Å². The molecule has 8 heteroatoms. The van der Waals surface area contributed by atoms with Crippen LogP contribution in [0.3, 0.4) is 0 Å². The highest BCUT2D eigenvalue weighted by Gasteiger charge is 2.24. The maximum absolute atomic E-state index is 5.52. The number of hydrogen-bond acceptors (Lipinski definition) is 6. The van der Waals surface area contributed by atoms with Crippen LogP contribution in [0, 0.1) is 0 Å². The lowest BCUT2D eigenvalue weighted by Gasteiger charge is -2.21. The summed E-state index contributed by atoms with van der Waals surface area (Å²) in [5, 5.41) is 11.2. The van der Waals surface area contributed by atoms with Gasteiger partial charge in [-0.3, -0.25) is 0 Å². The molecule has 1 aliphatic rings. The molecule has 0 aliphatic carbocycles. The average molecular weight is 444 g/mol. The average Bonchev–Trinajstić information content (AvgIpc) is 3.48. The van der Waals surface area contributed by atoms with Crippen LogP contribution in [0.2, 0.25) is 0 Å². The van der Waals surface area contributed by atoms with Crippen LogP contribution < -0.4 is 25.0 Å². The van der Waals surface area contributed by atoms with Crippen LogP contribution in [0.15, 0.2) is 33.8 Å². The first-order valence-electron chi connectivity index (χ1n) is 11.6. The number of ether oxygens (including phenoxy) is 2. The Balaban J connectivity index is 1.62. The van der Waals surface area contributed by atoms with Crippen molar-refractivity contribution in [1.29, 1.82) is 0 Å². The van der Waals surface area contributed by atoms with Crippen LogP contribution in [0.4, 0.5) is 5.69 Å². The summed E-state index contributed by atoms with van der Waals surface area (Å²) in [6, 6.07) is 8.32. The van der Waals surface area contributed by atoms with Crippen molar-refractivity contribution in [2.45, 2.75) is 58.5 Å². The maximum atomic E-state index is 5.52. The quantitative estimate of drug-likeness (QED) is 0.425. The van der Waals surface area contributed by atoms with E-state index in [0.717, 1.165) is 73.5 Å². The Morgan fingerprint density at radius 3 is 2.50 bits per heavy atom. The summed E-state index contributed by atoms with van der Waals surface area (Å²) in [7, 11) is 3.35. The summed E-state index contributed by atoms with van der Waals surface area (Å²) in [6.45, 7) is 9.52. The molecule has 1 atom stereocenters. The zero-order chi connectivity index (χ0) is 22.9.